The Hall–Kier alpha value is -2.04. The number of nitrogens with one attached hydrogen (secondary N) is 1. The number of nitrogens with zero attached hydrogens (tertiary/aromatic N) is 1. The maximum Gasteiger partial charge on any atom is 0.247 e. The van der Waals surface area contributed by atoms with Crippen LogP contribution in [-0.2, 0) is 9.59 Å². The van der Waals surface area contributed by atoms with Crippen LogP contribution in [0.1, 0.15) is 63.0 Å². The van der Waals surface area contributed by atoms with Crippen LogP contribution in [0.15, 0.2) is 24.3 Å². The molecule has 3 atom stereocenters. The van der Waals surface area contributed by atoms with Crippen LogP contribution in [0.2, 0.25) is 0 Å². The van der Waals surface area contributed by atoms with Crippen molar-refractivity contribution in [3.05, 3.63) is 29.8 Å². The molecule has 5 heteroatoms. The highest BCUT2D eigenvalue weighted by molar-refractivity contribution is 5.94. The number of fused-ring (bicyclic) bond motifs is 1. The molecule has 1 aromatic carbocycles. The molecular formula is C21H28N2O3. The van der Waals surface area contributed by atoms with Gasteiger partial charge in [0.2, 0.25) is 11.8 Å². The second-order valence-electron chi connectivity index (χ2n) is 7.87. The quantitative estimate of drug-likeness (QED) is 0.824. The van der Waals surface area contributed by atoms with Crippen LogP contribution in [0.4, 0.5) is 0 Å². The lowest BCUT2D eigenvalue weighted by Crippen LogP contribution is -2.62. The fourth-order valence-corrected chi connectivity index (χ4v) is 4.90. The van der Waals surface area contributed by atoms with Crippen LogP contribution in [0, 0.1) is 5.92 Å². The molecule has 2 saturated carbocycles. The standard InChI is InChI=1S/C21H28N2O3/c1-26-16-12-10-14(11-13-16)19(20(24)22-15-6-3-2-4-7-15)23-18-9-5-8-17(18)21(23)25/h10-13,15,17-19H,2-9H2,1H3,(H,22,24)/t17-,18+,19?/m1/s1. The Labute approximate surface area is 155 Å². The van der Waals surface area contributed by atoms with Gasteiger partial charge in [-0.1, -0.05) is 37.8 Å². The van der Waals surface area contributed by atoms with Crippen molar-refractivity contribution in [2.24, 2.45) is 5.92 Å². The molecule has 1 heterocycles. The average molecular weight is 356 g/mol. The third-order valence-electron chi connectivity index (χ3n) is 6.32. The summed E-state index contributed by atoms with van der Waals surface area (Å²) in [6.45, 7) is 0. The topological polar surface area (TPSA) is 58.6 Å². The smallest absolute Gasteiger partial charge is 0.247 e. The predicted molar refractivity (Wildman–Crippen MR) is 98.7 cm³/mol. The van der Waals surface area contributed by atoms with E-state index in [2.05, 4.69) is 5.32 Å². The highest BCUT2D eigenvalue weighted by Crippen LogP contribution is 2.45. The van der Waals surface area contributed by atoms with Crippen molar-refractivity contribution < 1.29 is 14.3 Å². The fourth-order valence-electron chi connectivity index (χ4n) is 4.90. The first-order chi connectivity index (χ1) is 12.7. The number of ether oxygens (including phenoxy) is 1. The van der Waals surface area contributed by atoms with E-state index in [1.54, 1.807) is 7.11 Å². The summed E-state index contributed by atoms with van der Waals surface area (Å²) >= 11 is 0. The maximum atomic E-state index is 13.2. The molecule has 1 unspecified atom stereocenters. The minimum absolute atomic E-state index is 0.0271. The van der Waals surface area contributed by atoms with Crippen molar-refractivity contribution in [1.29, 1.82) is 0 Å². The minimum Gasteiger partial charge on any atom is -0.497 e. The van der Waals surface area contributed by atoms with Gasteiger partial charge in [-0.15, -0.1) is 0 Å². The van der Waals surface area contributed by atoms with E-state index in [9.17, 15) is 9.59 Å². The zero-order valence-electron chi connectivity index (χ0n) is 15.4. The van der Waals surface area contributed by atoms with Gasteiger partial charge in [0.05, 0.1) is 13.0 Å². The Kier molecular flexibility index (Phi) is 4.88. The summed E-state index contributed by atoms with van der Waals surface area (Å²) in [6.07, 6.45) is 8.75. The Bertz CT molecular complexity index is 666. The van der Waals surface area contributed by atoms with Crippen LogP contribution in [0.3, 0.4) is 0 Å². The molecule has 0 aromatic heterocycles. The van der Waals surface area contributed by atoms with E-state index in [0.29, 0.717) is 0 Å². The zero-order chi connectivity index (χ0) is 18.1. The molecular weight excluding hydrogens is 328 g/mol. The van der Waals surface area contributed by atoms with Crippen molar-refractivity contribution in [3.63, 3.8) is 0 Å². The van der Waals surface area contributed by atoms with Gasteiger partial charge in [0, 0.05) is 12.1 Å². The Balaban J connectivity index is 1.58. The van der Waals surface area contributed by atoms with Gasteiger partial charge < -0.3 is 15.0 Å². The summed E-state index contributed by atoms with van der Waals surface area (Å²) in [4.78, 5) is 27.7. The largest absolute Gasteiger partial charge is 0.497 e. The first-order valence-corrected chi connectivity index (χ1v) is 9.95. The van der Waals surface area contributed by atoms with Gasteiger partial charge in [-0.05, 0) is 43.4 Å². The number of carbonyl (C=O) groups excluding carboxylic acids is 2. The molecule has 1 aromatic rings. The van der Waals surface area contributed by atoms with E-state index in [1.807, 2.05) is 29.2 Å². The van der Waals surface area contributed by atoms with E-state index in [0.717, 1.165) is 43.4 Å². The van der Waals surface area contributed by atoms with Gasteiger partial charge in [0.15, 0.2) is 0 Å². The fraction of sp³-hybridized carbons (Fsp3) is 0.619. The van der Waals surface area contributed by atoms with E-state index in [-0.39, 0.29) is 29.8 Å². The van der Waals surface area contributed by atoms with Crippen LogP contribution >= 0.6 is 0 Å². The zero-order valence-corrected chi connectivity index (χ0v) is 15.4. The minimum atomic E-state index is -0.519. The molecule has 5 nitrogen and oxygen atoms in total. The highest BCUT2D eigenvalue weighted by Gasteiger charge is 2.54. The number of benzene rings is 1. The van der Waals surface area contributed by atoms with E-state index < -0.39 is 6.04 Å². The predicted octanol–water partition coefficient (Wildman–Crippen LogP) is 3.20. The molecule has 1 aliphatic heterocycles. The summed E-state index contributed by atoms with van der Waals surface area (Å²) in [5.41, 5.74) is 0.873. The second-order valence-corrected chi connectivity index (χ2v) is 7.87. The lowest BCUT2D eigenvalue weighted by Gasteiger charge is -2.48. The number of β-lactam (4-membered cyclic amide) rings is 1. The van der Waals surface area contributed by atoms with Crippen molar-refractivity contribution in [2.75, 3.05) is 7.11 Å². The molecule has 0 bridgehead atoms. The molecule has 3 fully saturated rings. The molecule has 26 heavy (non-hydrogen) atoms. The molecule has 140 valence electrons. The molecule has 1 saturated heterocycles. The first-order valence-electron chi connectivity index (χ1n) is 9.95. The average Bonchev–Trinajstić information content (AvgIpc) is 3.11. The molecule has 0 spiro atoms. The van der Waals surface area contributed by atoms with E-state index >= 15 is 0 Å². The van der Waals surface area contributed by atoms with Gasteiger partial charge in [-0.3, -0.25) is 9.59 Å². The number of carbonyl (C=O) groups is 2. The first kappa shape index (κ1) is 17.4. The van der Waals surface area contributed by atoms with Crippen molar-refractivity contribution in [3.8, 4) is 5.75 Å². The van der Waals surface area contributed by atoms with Crippen molar-refractivity contribution in [2.45, 2.75) is 69.5 Å². The molecule has 0 radical (unpaired) electrons. The Morgan fingerprint density at radius 1 is 1.08 bits per heavy atom. The number of amides is 2. The van der Waals surface area contributed by atoms with Gasteiger partial charge in [0.1, 0.15) is 11.8 Å². The molecule has 3 aliphatic rings. The van der Waals surface area contributed by atoms with Crippen LogP contribution in [0.5, 0.6) is 5.75 Å². The van der Waals surface area contributed by atoms with Gasteiger partial charge in [0.25, 0.3) is 0 Å². The lowest BCUT2D eigenvalue weighted by atomic mass is 9.86. The normalized spacial score (nSPS) is 26.8. The second kappa shape index (κ2) is 7.29. The Morgan fingerprint density at radius 3 is 2.50 bits per heavy atom. The third-order valence-corrected chi connectivity index (χ3v) is 6.32. The number of hydrogen-bond donors (Lipinski definition) is 1. The third kappa shape index (κ3) is 3.08. The molecule has 2 aliphatic carbocycles. The highest BCUT2D eigenvalue weighted by atomic mass is 16.5. The van der Waals surface area contributed by atoms with Gasteiger partial charge in [-0.2, -0.15) is 0 Å². The molecule has 1 N–H and O–H groups in total. The number of rotatable bonds is 5. The van der Waals surface area contributed by atoms with Gasteiger partial charge in [-0.25, -0.2) is 0 Å². The number of hydrogen-bond acceptors (Lipinski definition) is 3. The lowest BCUT2D eigenvalue weighted by molar-refractivity contribution is -0.163. The summed E-state index contributed by atoms with van der Waals surface area (Å²) < 4.78 is 5.24. The van der Waals surface area contributed by atoms with Gasteiger partial charge >= 0.3 is 0 Å². The molecule has 2 amide bonds. The summed E-state index contributed by atoms with van der Waals surface area (Å²) in [7, 11) is 1.63. The van der Waals surface area contributed by atoms with Crippen molar-refractivity contribution in [1.82, 2.24) is 10.2 Å². The number of likely N-dealkylation sites (tertiary alicyclic amines) is 1. The molecule has 4 rings (SSSR count). The van der Waals surface area contributed by atoms with Crippen LogP contribution in [0.25, 0.3) is 0 Å². The summed E-state index contributed by atoms with van der Waals surface area (Å²) in [5.74, 6) is 1.01. The van der Waals surface area contributed by atoms with E-state index in [4.69, 9.17) is 4.74 Å². The monoisotopic (exact) mass is 356 g/mol. The van der Waals surface area contributed by atoms with E-state index in [1.165, 1.54) is 19.3 Å². The summed E-state index contributed by atoms with van der Waals surface area (Å²) in [5, 5.41) is 3.23. The van der Waals surface area contributed by atoms with Crippen molar-refractivity contribution >= 4 is 11.8 Å². The van der Waals surface area contributed by atoms with Crippen LogP contribution in [-0.4, -0.2) is 35.9 Å². The SMILES string of the molecule is COc1ccc(C(C(=O)NC2CCCCC2)N2C(=O)[C@@H]3CCC[C@@H]32)cc1. The number of methoxy groups -OCH3 is 1. The van der Waals surface area contributed by atoms with Crippen LogP contribution < -0.4 is 10.1 Å². The summed E-state index contributed by atoms with van der Waals surface area (Å²) in [6, 6.07) is 7.52. The maximum absolute atomic E-state index is 13.2. The Morgan fingerprint density at radius 2 is 1.81 bits per heavy atom.